The van der Waals surface area contributed by atoms with Crippen LogP contribution in [0, 0.1) is 40.4 Å². The van der Waals surface area contributed by atoms with Gasteiger partial charge in [0.2, 0.25) is 0 Å². The lowest BCUT2D eigenvalue weighted by molar-refractivity contribution is -0.0984. The van der Waals surface area contributed by atoms with E-state index in [4.69, 9.17) is 0 Å². The molecule has 0 aliphatic heterocycles. The van der Waals surface area contributed by atoms with Crippen LogP contribution in [0.1, 0.15) is 84.0 Å². The average molecular weight is 272 g/mol. The van der Waals surface area contributed by atoms with E-state index in [1.807, 2.05) is 0 Å². The maximum Gasteiger partial charge on any atom is -0.0202 e. The van der Waals surface area contributed by atoms with Crippen LogP contribution in [0.25, 0.3) is 0 Å². The van der Waals surface area contributed by atoms with E-state index < -0.39 is 0 Å². The molecule has 6 atom stereocenters. The predicted octanol–water partition coefficient (Wildman–Crippen LogP) is 5.81. The molecule has 0 N–H and O–H groups in total. The van der Waals surface area contributed by atoms with Gasteiger partial charge in [-0.2, -0.15) is 0 Å². The van der Waals surface area contributed by atoms with Crippen LogP contribution in [-0.2, 0) is 0 Å². The zero-order chi connectivity index (χ0) is 13.4. The average Bonchev–Trinajstić information content (AvgIpc) is 2.86. The quantitative estimate of drug-likeness (QED) is 0.522. The standard InChI is InChI=1S/C20H32/c1-19-12-5-13-20(16-8-4-9-17(16)20)18(19)11-10-14-6-2-3-7-15(14)19/h14-18H,2-13H2,1H3. The van der Waals surface area contributed by atoms with E-state index in [-0.39, 0.29) is 0 Å². The van der Waals surface area contributed by atoms with Crippen molar-refractivity contribution in [3.63, 3.8) is 0 Å². The summed E-state index contributed by atoms with van der Waals surface area (Å²) in [6.45, 7) is 2.76. The summed E-state index contributed by atoms with van der Waals surface area (Å²) in [6, 6.07) is 0. The van der Waals surface area contributed by atoms with Crippen molar-refractivity contribution in [3.05, 3.63) is 0 Å². The fourth-order valence-corrected chi connectivity index (χ4v) is 8.60. The van der Waals surface area contributed by atoms with Gasteiger partial charge in [0, 0.05) is 0 Å². The van der Waals surface area contributed by atoms with Crippen molar-refractivity contribution in [2.24, 2.45) is 40.4 Å². The van der Waals surface area contributed by atoms with Gasteiger partial charge in [0.15, 0.2) is 0 Å². The van der Waals surface area contributed by atoms with Gasteiger partial charge in [-0.25, -0.2) is 0 Å². The third-order valence-corrected chi connectivity index (χ3v) is 9.14. The topological polar surface area (TPSA) is 0 Å². The van der Waals surface area contributed by atoms with Crippen molar-refractivity contribution in [1.82, 2.24) is 0 Å². The van der Waals surface area contributed by atoms with E-state index in [2.05, 4.69) is 6.92 Å². The van der Waals surface area contributed by atoms with Gasteiger partial charge in [-0.05, 0) is 85.4 Å². The van der Waals surface area contributed by atoms with Crippen LogP contribution in [0.2, 0.25) is 0 Å². The van der Waals surface area contributed by atoms with Crippen molar-refractivity contribution in [2.45, 2.75) is 84.0 Å². The fraction of sp³-hybridized carbons (Fsp3) is 1.00. The second kappa shape index (κ2) is 4.05. The maximum absolute atomic E-state index is 2.76. The highest BCUT2D eigenvalue weighted by atomic mass is 14.8. The molecule has 5 aliphatic carbocycles. The Balaban J connectivity index is 1.50. The first-order valence-corrected chi connectivity index (χ1v) is 9.77. The third-order valence-electron chi connectivity index (χ3n) is 9.14. The molecule has 5 rings (SSSR count). The zero-order valence-electron chi connectivity index (χ0n) is 13.4. The molecule has 112 valence electrons. The minimum atomic E-state index is 0.756. The molecule has 6 unspecified atom stereocenters. The van der Waals surface area contributed by atoms with Gasteiger partial charge < -0.3 is 0 Å². The Morgan fingerprint density at radius 2 is 1.40 bits per heavy atom. The van der Waals surface area contributed by atoms with Crippen LogP contribution in [0.3, 0.4) is 0 Å². The van der Waals surface area contributed by atoms with Crippen LogP contribution in [0.4, 0.5) is 0 Å². The molecule has 5 saturated carbocycles. The van der Waals surface area contributed by atoms with Crippen LogP contribution < -0.4 is 0 Å². The molecule has 0 radical (unpaired) electrons. The molecule has 5 aliphatic rings. The number of fused-ring (bicyclic) bond motifs is 7. The summed E-state index contributed by atoms with van der Waals surface area (Å²) in [5, 5.41) is 0. The molecule has 0 aromatic heterocycles. The van der Waals surface area contributed by atoms with E-state index in [1.165, 1.54) is 18.3 Å². The van der Waals surface area contributed by atoms with Gasteiger partial charge in [0.1, 0.15) is 0 Å². The summed E-state index contributed by atoms with van der Waals surface area (Å²) in [5.41, 5.74) is 1.64. The highest BCUT2D eigenvalue weighted by Gasteiger charge is 2.73. The first-order chi connectivity index (χ1) is 9.77. The molecule has 0 nitrogen and oxygen atoms in total. The van der Waals surface area contributed by atoms with Crippen LogP contribution in [-0.4, -0.2) is 0 Å². The van der Waals surface area contributed by atoms with Crippen molar-refractivity contribution in [2.75, 3.05) is 0 Å². The normalized spacial score (nSPS) is 60.8. The highest BCUT2D eigenvalue weighted by molar-refractivity contribution is 5.21. The number of hydrogen-bond donors (Lipinski definition) is 0. The Labute approximate surface area is 125 Å². The van der Waals surface area contributed by atoms with E-state index in [0.29, 0.717) is 0 Å². The Morgan fingerprint density at radius 3 is 2.25 bits per heavy atom. The lowest BCUT2D eigenvalue weighted by Crippen LogP contribution is -2.51. The minimum absolute atomic E-state index is 0.756. The Kier molecular flexibility index (Phi) is 2.54. The molecular weight excluding hydrogens is 240 g/mol. The summed E-state index contributed by atoms with van der Waals surface area (Å²) >= 11 is 0. The lowest BCUT2D eigenvalue weighted by atomic mass is 9.46. The number of rotatable bonds is 0. The van der Waals surface area contributed by atoms with Crippen LogP contribution in [0.15, 0.2) is 0 Å². The smallest absolute Gasteiger partial charge is 0.0202 e. The predicted molar refractivity (Wildman–Crippen MR) is 83.4 cm³/mol. The highest BCUT2D eigenvalue weighted by Crippen LogP contribution is 2.80. The van der Waals surface area contributed by atoms with E-state index in [0.717, 1.165) is 28.6 Å². The summed E-state index contributed by atoms with van der Waals surface area (Å²) in [7, 11) is 0. The van der Waals surface area contributed by atoms with E-state index in [1.54, 1.807) is 70.6 Å². The molecule has 0 aromatic rings. The van der Waals surface area contributed by atoms with Gasteiger partial charge in [-0.3, -0.25) is 0 Å². The molecule has 5 fully saturated rings. The monoisotopic (exact) mass is 272 g/mol. The third kappa shape index (κ3) is 1.35. The first kappa shape index (κ1) is 12.5. The van der Waals surface area contributed by atoms with Crippen molar-refractivity contribution in [1.29, 1.82) is 0 Å². The molecule has 1 spiro atoms. The maximum atomic E-state index is 2.76. The Bertz CT molecular complexity index is 400. The Hall–Kier alpha value is 0. The largest absolute Gasteiger partial charge is 0.0591 e. The molecule has 0 aromatic carbocycles. The first-order valence-electron chi connectivity index (χ1n) is 9.77. The molecule has 0 heteroatoms. The number of hydrogen-bond acceptors (Lipinski definition) is 0. The molecule has 20 heavy (non-hydrogen) atoms. The van der Waals surface area contributed by atoms with Gasteiger partial charge in [-0.1, -0.05) is 39.0 Å². The second-order valence-electron chi connectivity index (χ2n) is 9.40. The van der Waals surface area contributed by atoms with Gasteiger partial charge >= 0.3 is 0 Å². The molecule has 0 saturated heterocycles. The summed E-state index contributed by atoms with van der Waals surface area (Å²) in [4.78, 5) is 0. The SMILES string of the molecule is CC12CCCC3(C4CCCC43)C1CCC1CCCCC12. The molecule has 0 heterocycles. The summed E-state index contributed by atoms with van der Waals surface area (Å²) in [5.74, 6) is 5.75. The molecular formula is C20H32. The van der Waals surface area contributed by atoms with Gasteiger partial charge in [0.25, 0.3) is 0 Å². The van der Waals surface area contributed by atoms with Crippen molar-refractivity contribution < 1.29 is 0 Å². The lowest BCUT2D eigenvalue weighted by Gasteiger charge is -2.59. The minimum Gasteiger partial charge on any atom is -0.0591 e. The summed E-state index contributed by atoms with van der Waals surface area (Å²) in [6.07, 6.45) is 19.0. The van der Waals surface area contributed by atoms with E-state index in [9.17, 15) is 0 Å². The molecule has 0 bridgehead atoms. The van der Waals surface area contributed by atoms with Crippen molar-refractivity contribution >= 4 is 0 Å². The Morgan fingerprint density at radius 1 is 0.650 bits per heavy atom. The second-order valence-corrected chi connectivity index (χ2v) is 9.40. The van der Waals surface area contributed by atoms with Gasteiger partial charge in [0.05, 0.1) is 0 Å². The van der Waals surface area contributed by atoms with Crippen LogP contribution >= 0.6 is 0 Å². The van der Waals surface area contributed by atoms with Gasteiger partial charge in [-0.15, -0.1) is 0 Å². The van der Waals surface area contributed by atoms with Crippen molar-refractivity contribution in [3.8, 4) is 0 Å². The fourth-order valence-electron chi connectivity index (χ4n) is 8.60. The van der Waals surface area contributed by atoms with Crippen LogP contribution in [0.5, 0.6) is 0 Å². The van der Waals surface area contributed by atoms with E-state index >= 15 is 0 Å². The summed E-state index contributed by atoms with van der Waals surface area (Å²) < 4.78 is 0. The zero-order valence-corrected chi connectivity index (χ0v) is 13.4. The molecule has 0 amide bonds.